The molecule has 0 aromatic rings. The normalized spacial score (nSPS) is 30.5. The number of rotatable bonds is 3. The van der Waals surface area contributed by atoms with Crippen LogP contribution < -0.4 is 5.32 Å². The van der Waals surface area contributed by atoms with Crippen LogP contribution in [0.1, 0.15) is 32.6 Å². The van der Waals surface area contributed by atoms with Crippen molar-refractivity contribution in [2.45, 2.75) is 50.5 Å². The Labute approximate surface area is 90.5 Å². The highest BCUT2D eigenvalue weighted by Crippen LogP contribution is 2.37. The summed E-state index contributed by atoms with van der Waals surface area (Å²) >= 11 is 0. The Balaban J connectivity index is 1.85. The molecule has 4 nitrogen and oxygen atoms in total. The van der Waals surface area contributed by atoms with Gasteiger partial charge in [0.15, 0.2) is 5.79 Å². The third kappa shape index (κ3) is 2.31. The van der Waals surface area contributed by atoms with Gasteiger partial charge >= 0.3 is 0 Å². The third-order valence-corrected chi connectivity index (χ3v) is 3.25. The summed E-state index contributed by atoms with van der Waals surface area (Å²) in [6.07, 6.45) is 3.72. The lowest BCUT2D eigenvalue weighted by molar-refractivity contribution is -0.151. The second kappa shape index (κ2) is 4.48. The highest BCUT2D eigenvalue weighted by Gasteiger charge is 2.44. The van der Waals surface area contributed by atoms with Crippen LogP contribution in [0.5, 0.6) is 0 Å². The highest BCUT2D eigenvalue weighted by atomic mass is 16.7. The van der Waals surface area contributed by atoms with Crippen molar-refractivity contribution in [2.24, 2.45) is 0 Å². The number of hydrogen-bond donors (Lipinski definition) is 1. The lowest BCUT2D eigenvalue weighted by atomic mass is 10.1. The first kappa shape index (κ1) is 10.9. The quantitative estimate of drug-likeness (QED) is 0.759. The summed E-state index contributed by atoms with van der Waals surface area (Å²) in [6.45, 7) is 3.44. The van der Waals surface area contributed by atoms with Gasteiger partial charge in [0.25, 0.3) is 0 Å². The minimum Gasteiger partial charge on any atom is -0.347 e. The molecule has 0 aromatic carbocycles. The lowest BCUT2D eigenvalue weighted by Crippen LogP contribution is -2.37. The summed E-state index contributed by atoms with van der Waals surface area (Å²) < 4.78 is 11.3. The molecule has 1 N–H and O–H groups in total. The van der Waals surface area contributed by atoms with Gasteiger partial charge in [-0.3, -0.25) is 5.32 Å². The molecular weight excluding hydrogens is 192 g/mol. The molecule has 1 aliphatic carbocycles. The molecule has 2 fully saturated rings. The Morgan fingerprint density at radius 2 is 2.27 bits per heavy atom. The van der Waals surface area contributed by atoms with E-state index in [2.05, 4.69) is 11.4 Å². The lowest BCUT2D eigenvalue weighted by Gasteiger charge is -2.22. The number of ether oxygens (including phenoxy) is 2. The van der Waals surface area contributed by atoms with Gasteiger partial charge in [0.05, 0.1) is 25.3 Å². The Kier molecular flexibility index (Phi) is 3.25. The number of hydrogen-bond acceptors (Lipinski definition) is 4. The summed E-state index contributed by atoms with van der Waals surface area (Å²) in [5.41, 5.74) is 0. The van der Waals surface area contributed by atoms with Crippen LogP contribution in [0.2, 0.25) is 0 Å². The molecule has 2 atom stereocenters. The molecule has 0 amide bonds. The molecular formula is C11H18N2O2. The molecule has 0 radical (unpaired) electrons. The maximum absolute atomic E-state index is 8.87. The molecule has 2 aliphatic rings. The average Bonchev–Trinajstić information content (AvgIpc) is 2.87. The molecule has 0 aromatic heterocycles. The van der Waals surface area contributed by atoms with Crippen LogP contribution in [0.3, 0.4) is 0 Å². The van der Waals surface area contributed by atoms with Gasteiger partial charge in [-0.25, -0.2) is 0 Å². The van der Waals surface area contributed by atoms with Crippen LogP contribution >= 0.6 is 0 Å². The summed E-state index contributed by atoms with van der Waals surface area (Å²) in [5.74, 6) is -0.328. The van der Waals surface area contributed by atoms with Gasteiger partial charge in [0, 0.05) is 18.9 Å². The van der Waals surface area contributed by atoms with Crippen molar-refractivity contribution in [1.29, 1.82) is 5.26 Å². The molecule has 1 saturated heterocycles. The fourth-order valence-corrected chi connectivity index (χ4v) is 2.41. The Hall–Kier alpha value is -0.630. The molecule has 0 bridgehead atoms. The maximum Gasteiger partial charge on any atom is 0.170 e. The van der Waals surface area contributed by atoms with Crippen molar-refractivity contribution in [2.75, 3.05) is 13.2 Å². The topological polar surface area (TPSA) is 54.3 Å². The fourth-order valence-electron chi connectivity index (χ4n) is 2.41. The first-order chi connectivity index (χ1) is 7.28. The van der Waals surface area contributed by atoms with Crippen molar-refractivity contribution in [3.05, 3.63) is 0 Å². The molecule has 2 unspecified atom stereocenters. The fraction of sp³-hybridized carbons (Fsp3) is 0.909. The van der Waals surface area contributed by atoms with Crippen LogP contribution in [-0.2, 0) is 9.47 Å². The zero-order chi connectivity index (χ0) is 10.7. The molecule has 1 saturated carbocycles. The standard InChI is InChI=1S/C11H18N2O2/c1-2-9(8-12)13-10-3-4-11(7-10)14-5-6-15-11/h9-10,13H,2-7H2,1H3. The maximum atomic E-state index is 8.87. The molecule has 4 heteroatoms. The van der Waals surface area contributed by atoms with E-state index in [1.54, 1.807) is 0 Å². The van der Waals surface area contributed by atoms with Gasteiger partial charge in [-0.15, -0.1) is 0 Å². The zero-order valence-corrected chi connectivity index (χ0v) is 9.16. The predicted octanol–water partition coefficient (Wildman–Crippen LogP) is 1.17. The number of nitriles is 1. The molecule has 2 rings (SSSR count). The smallest absolute Gasteiger partial charge is 0.170 e. The SMILES string of the molecule is CCC(C#N)NC1CCC2(C1)OCCO2. The molecule has 1 spiro atoms. The molecule has 15 heavy (non-hydrogen) atoms. The largest absolute Gasteiger partial charge is 0.347 e. The van der Waals surface area contributed by atoms with Crippen molar-refractivity contribution in [3.8, 4) is 6.07 Å². The van der Waals surface area contributed by atoms with Crippen LogP contribution in [0.4, 0.5) is 0 Å². The van der Waals surface area contributed by atoms with Crippen molar-refractivity contribution < 1.29 is 9.47 Å². The minimum absolute atomic E-state index is 0.0356. The molecule has 84 valence electrons. The van der Waals surface area contributed by atoms with Crippen molar-refractivity contribution in [3.63, 3.8) is 0 Å². The average molecular weight is 210 g/mol. The Morgan fingerprint density at radius 1 is 1.53 bits per heavy atom. The summed E-state index contributed by atoms with van der Waals surface area (Å²) in [5, 5.41) is 12.2. The predicted molar refractivity (Wildman–Crippen MR) is 55.1 cm³/mol. The first-order valence-electron chi connectivity index (χ1n) is 5.71. The number of nitrogens with one attached hydrogen (secondary N) is 1. The van der Waals surface area contributed by atoms with Crippen LogP contribution in [-0.4, -0.2) is 31.1 Å². The minimum atomic E-state index is -0.328. The van der Waals surface area contributed by atoms with E-state index in [0.29, 0.717) is 19.3 Å². The van der Waals surface area contributed by atoms with Crippen LogP contribution in [0.25, 0.3) is 0 Å². The Bertz CT molecular complexity index is 256. The van der Waals surface area contributed by atoms with Gasteiger partial charge < -0.3 is 9.47 Å². The highest BCUT2D eigenvalue weighted by molar-refractivity contribution is 4.96. The monoisotopic (exact) mass is 210 g/mol. The second-order valence-corrected chi connectivity index (χ2v) is 4.30. The summed E-state index contributed by atoms with van der Waals surface area (Å²) in [4.78, 5) is 0. The van der Waals surface area contributed by atoms with Gasteiger partial charge in [-0.1, -0.05) is 6.92 Å². The van der Waals surface area contributed by atoms with E-state index in [0.717, 1.165) is 25.7 Å². The zero-order valence-electron chi connectivity index (χ0n) is 9.16. The number of nitrogens with zero attached hydrogens (tertiary/aromatic N) is 1. The van der Waals surface area contributed by atoms with E-state index in [4.69, 9.17) is 14.7 Å². The van der Waals surface area contributed by atoms with Gasteiger partial charge in [0.1, 0.15) is 0 Å². The van der Waals surface area contributed by atoms with Gasteiger partial charge in [-0.2, -0.15) is 5.26 Å². The van der Waals surface area contributed by atoms with Crippen molar-refractivity contribution in [1.82, 2.24) is 5.32 Å². The van der Waals surface area contributed by atoms with E-state index < -0.39 is 0 Å². The van der Waals surface area contributed by atoms with Crippen LogP contribution in [0.15, 0.2) is 0 Å². The van der Waals surface area contributed by atoms with Crippen LogP contribution in [0, 0.1) is 11.3 Å². The molecule has 1 heterocycles. The third-order valence-electron chi connectivity index (χ3n) is 3.25. The van der Waals surface area contributed by atoms with E-state index >= 15 is 0 Å². The first-order valence-corrected chi connectivity index (χ1v) is 5.71. The van der Waals surface area contributed by atoms with E-state index in [-0.39, 0.29) is 11.8 Å². The van der Waals surface area contributed by atoms with Gasteiger partial charge in [-0.05, 0) is 12.8 Å². The van der Waals surface area contributed by atoms with E-state index in [1.807, 2.05) is 6.92 Å². The van der Waals surface area contributed by atoms with E-state index in [1.165, 1.54) is 0 Å². The second-order valence-electron chi connectivity index (χ2n) is 4.30. The van der Waals surface area contributed by atoms with Crippen molar-refractivity contribution >= 4 is 0 Å². The summed E-state index contributed by atoms with van der Waals surface area (Å²) in [7, 11) is 0. The van der Waals surface area contributed by atoms with Gasteiger partial charge in [0.2, 0.25) is 0 Å². The van der Waals surface area contributed by atoms with E-state index in [9.17, 15) is 0 Å². The Morgan fingerprint density at radius 3 is 2.87 bits per heavy atom. The summed E-state index contributed by atoms with van der Waals surface area (Å²) in [6, 6.07) is 2.60. The molecule has 1 aliphatic heterocycles.